The largest absolute Gasteiger partial charge is 0.261 e. The summed E-state index contributed by atoms with van der Waals surface area (Å²) in [4.78, 5) is 4.45. The Morgan fingerprint density at radius 3 is 2.38 bits per heavy atom. The Hall–Kier alpha value is -0.850. The van der Waals surface area contributed by atoms with Crippen molar-refractivity contribution in [2.75, 3.05) is 0 Å². The van der Waals surface area contributed by atoms with Gasteiger partial charge in [0.2, 0.25) is 0 Å². The van der Waals surface area contributed by atoms with E-state index in [4.69, 9.17) is 0 Å². The second-order valence-corrected chi connectivity index (χ2v) is 3.99. The molecule has 1 heteroatoms. The summed E-state index contributed by atoms with van der Waals surface area (Å²) in [5, 5.41) is 0. The first-order valence-electron chi connectivity index (χ1n) is 5.05. The Balaban J connectivity index is 3.05. The molecule has 0 aromatic carbocycles. The predicted molar refractivity (Wildman–Crippen MR) is 56.9 cm³/mol. The number of aromatic nitrogens is 1. The molecule has 0 saturated heterocycles. The van der Waals surface area contributed by atoms with Gasteiger partial charge in [0.25, 0.3) is 0 Å². The molecule has 0 N–H and O–H groups in total. The topological polar surface area (TPSA) is 12.9 Å². The second kappa shape index (κ2) is 3.91. The lowest BCUT2D eigenvalue weighted by Crippen LogP contribution is -2.21. The Morgan fingerprint density at radius 1 is 1.31 bits per heavy atom. The fraction of sp³-hybridized carbons (Fsp3) is 0.583. The molecule has 0 atom stereocenters. The average Bonchev–Trinajstić information content (AvgIpc) is 2.17. The van der Waals surface area contributed by atoms with Gasteiger partial charge in [-0.25, -0.2) is 0 Å². The molecule has 0 amide bonds. The van der Waals surface area contributed by atoms with Gasteiger partial charge in [0.1, 0.15) is 0 Å². The third-order valence-electron chi connectivity index (χ3n) is 3.09. The van der Waals surface area contributed by atoms with E-state index in [2.05, 4.69) is 44.8 Å². The maximum absolute atomic E-state index is 4.45. The Morgan fingerprint density at radius 2 is 1.92 bits per heavy atom. The normalized spacial score (nSPS) is 11.7. The van der Waals surface area contributed by atoms with E-state index in [1.165, 1.54) is 11.3 Å². The first-order valence-corrected chi connectivity index (χ1v) is 5.05. The summed E-state index contributed by atoms with van der Waals surface area (Å²) in [5.41, 5.74) is 2.79. The van der Waals surface area contributed by atoms with Gasteiger partial charge in [-0.05, 0) is 37.5 Å². The van der Waals surface area contributed by atoms with Crippen LogP contribution >= 0.6 is 0 Å². The van der Waals surface area contributed by atoms with E-state index in [1.807, 2.05) is 6.20 Å². The van der Waals surface area contributed by atoms with Crippen molar-refractivity contribution in [1.29, 1.82) is 0 Å². The molecule has 1 rings (SSSR count). The standard InChI is InChI=1S/C12H19N/c1-5-12(4,6-2)11-9-10(3)7-8-13-11/h7-9H,5-6H2,1-4H3. The summed E-state index contributed by atoms with van der Waals surface area (Å²) in [5.74, 6) is 0. The Bertz CT molecular complexity index is 274. The van der Waals surface area contributed by atoms with Gasteiger partial charge in [-0.1, -0.05) is 20.8 Å². The number of hydrogen-bond acceptors (Lipinski definition) is 1. The van der Waals surface area contributed by atoms with Crippen LogP contribution in [0.2, 0.25) is 0 Å². The monoisotopic (exact) mass is 177 g/mol. The maximum atomic E-state index is 4.45. The van der Waals surface area contributed by atoms with E-state index >= 15 is 0 Å². The van der Waals surface area contributed by atoms with Crippen molar-refractivity contribution < 1.29 is 0 Å². The van der Waals surface area contributed by atoms with Gasteiger partial charge in [0.05, 0.1) is 0 Å². The first kappa shape index (κ1) is 10.2. The van der Waals surface area contributed by atoms with E-state index < -0.39 is 0 Å². The molecule has 72 valence electrons. The zero-order chi connectivity index (χ0) is 9.90. The first-order chi connectivity index (χ1) is 6.12. The summed E-state index contributed by atoms with van der Waals surface area (Å²) in [6, 6.07) is 4.25. The summed E-state index contributed by atoms with van der Waals surface area (Å²) < 4.78 is 0. The lowest BCUT2D eigenvalue weighted by atomic mass is 9.81. The molecule has 1 nitrogen and oxygen atoms in total. The molecule has 0 unspecified atom stereocenters. The van der Waals surface area contributed by atoms with Crippen LogP contribution in [-0.4, -0.2) is 4.98 Å². The van der Waals surface area contributed by atoms with Gasteiger partial charge in [-0.2, -0.15) is 0 Å². The molecule has 0 radical (unpaired) electrons. The summed E-state index contributed by atoms with van der Waals surface area (Å²) in [6.07, 6.45) is 4.22. The fourth-order valence-electron chi connectivity index (χ4n) is 1.48. The molecule has 0 saturated carbocycles. The van der Waals surface area contributed by atoms with Crippen LogP contribution < -0.4 is 0 Å². The van der Waals surface area contributed by atoms with Crippen molar-refractivity contribution in [1.82, 2.24) is 4.98 Å². The van der Waals surface area contributed by atoms with E-state index in [0.717, 1.165) is 12.8 Å². The minimum absolute atomic E-state index is 0.256. The second-order valence-electron chi connectivity index (χ2n) is 3.99. The van der Waals surface area contributed by atoms with E-state index in [0.29, 0.717) is 0 Å². The maximum Gasteiger partial charge on any atom is 0.0464 e. The highest BCUT2D eigenvalue weighted by molar-refractivity contribution is 5.21. The van der Waals surface area contributed by atoms with Gasteiger partial charge in [0.15, 0.2) is 0 Å². The smallest absolute Gasteiger partial charge is 0.0464 e. The molecule has 13 heavy (non-hydrogen) atoms. The zero-order valence-electron chi connectivity index (χ0n) is 9.09. The van der Waals surface area contributed by atoms with E-state index in [-0.39, 0.29) is 5.41 Å². The molecule has 0 aliphatic carbocycles. The van der Waals surface area contributed by atoms with Crippen molar-refractivity contribution in [3.05, 3.63) is 29.6 Å². The Kier molecular flexibility index (Phi) is 3.07. The van der Waals surface area contributed by atoms with Gasteiger partial charge >= 0.3 is 0 Å². The SMILES string of the molecule is CCC(C)(CC)c1cc(C)ccn1. The predicted octanol–water partition coefficient (Wildman–Crippen LogP) is 3.47. The average molecular weight is 177 g/mol. The molecule has 0 bridgehead atoms. The summed E-state index contributed by atoms with van der Waals surface area (Å²) >= 11 is 0. The van der Waals surface area contributed by atoms with E-state index in [9.17, 15) is 0 Å². The van der Waals surface area contributed by atoms with Crippen molar-refractivity contribution in [2.45, 2.75) is 46.0 Å². The Labute approximate surface area is 81.2 Å². The van der Waals surface area contributed by atoms with Gasteiger partial charge < -0.3 is 0 Å². The van der Waals surface area contributed by atoms with Crippen LogP contribution in [-0.2, 0) is 5.41 Å². The molecule has 1 aromatic heterocycles. The number of pyridine rings is 1. The van der Waals surface area contributed by atoms with Crippen molar-refractivity contribution in [2.24, 2.45) is 0 Å². The van der Waals surface area contributed by atoms with Crippen molar-refractivity contribution in [3.63, 3.8) is 0 Å². The molecule has 0 fully saturated rings. The minimum atomic E-state index is 0.256. The van der Waals surface area contributed by atoms with Crippen LogP contribution in [0.4, 0.5) is 0 Å². The fourth-order valence-corrected chi connectivity index (χ4v) is 1.48. The molecule has 1 aromatic rings. The van der Waals surface area contributed by atoms with Crippen molar-refractivity contribution in [3.8, 4) is 0 Å². The molecular formula is C12H19N. The number of hydrogen-bond donors (Lipinski definition) is 0. The number of nitrogens with zero attached hydrogens (tertiary/aromatic N) is 1. The van der Waals surface area contributed by atoms with Gasteiger partial charge in [-0.15, -0.1) is 0 Å². The molecule has 0 aliphatic heterocycles. The zero-order valence-corrected chi connectivity index (χ0v) is 9.09. The van der Waals surface area contributed by atoms with Gasteiger partial charge in [0, 0.05) is 17.3 Å². The number of aryl methyl sites for hydroxylation is 1. The third kappa shape index (κ3) is 2.09. The molecular weight excluding hydrogens is 158 g/mol. The summed E-state index contributed by atoms with van der Waals surface area (Å²) in [6.45, 7) is 8.87. The molecule has 0 aliphatic rings. The molecule has 0 spiro atoms. The van der Waals surface area contributed by atoms with Gasteiger partial charge in [-0.3, -0.25) is 4.98 Å². The lowest BCUT2D eigenvalue weighted by molar-refractivity contribution is 0.426. The number of rotatable bonds is 3. The van der Waals surface area contributed by atoms with Crippen LogP contribution in [0.1, 0.15) is 44.9 Å². The van der Waals surface area contributed by atoms with Crippen LogP contribution in [0.25, 0.3) is 0 Å². The highest BCUT2D eigenvalue weighted by atomic mass is 14.7. The minimum Gasteiger partial charge on any atom is -0.261 e. The summed E-state index contributed by atoms with van der Waals surface area (Å²) in [7, 11) is 0. The van der Waals surface area contributed by atoms with Crippen LogP contribution in [0.15, 0.2) is 18.3 Å². The lowest BCUT2D eigenvalue weighted by Gasteiger charge is -2.26. The quantitative estimate of drug-likeness (QED) is 0.689. The van der Waals surface area contributed by atoms with Crippen molar-refractivity contribution >= 4 is 0 Å². The van der Waals surface area contributed by atoms with Crippen LogP contribution in [0, 0.1) is 6.92 Å². The molecule has 1 heterocycles. The van der Waals surface area contributed by atoms with Crippen LogP contribution in [0.5, 0.6) is 0 Å². The van der Waals surface area contributed by atoms with E-state index in [1.54, 1.807) is 0 Å². The highest BCUT2D eigenvalue weighted by Gasteiger charge is 2.23. The van der Waals surface area contributed by atoms with Crippen LogP contribution in [0.3, 0.4) is 0 Å². The highest BCUT2D eigenvalue weighted by Crippen LogP contribution is 2.29. The third-order valence-corrected chi connectivity index (χ3v) is 3.09.